The van der Waals surface area contributed by atoms with E-state index in [9.17, 15) is 4.79 Å². The van der Waals surface area contributed by atoms with Crippen LogP contribution in [0.5, 0.6) is 0 Å². The van der Waals surface area contributed by atoms with Gasteiger partial charge in [-0.3, -0.25) is 4.79 Å². The summed E-state index contributed by atoms with van der Waals surface area (Å²) >= 11 is 0. The van der Waals surface area contributed by atoms with Crippen LogP contribution in [0.25, 0.3) is 0 Å². The lowest BCUT2D eigenvalue weighted by Crippen LogP contribution is -2.05. The van der Waals surface area contributed by atoms with Crippen molar-refractivity contribution in [3.8, 4) is 0 Å². The van der Waals surface area contributed by atoms with Crippen LogP contribution in [0.2, 0.25) is 0 Å². The molecule has 1 aromatic carbocycles. The first-order valence-corrected chi connectivity index (χ1v) is 5.61. The molecule has 1 aliphatic rings. The summed E-state index contributed by atoms with van der Waals surface area (Å²) in [5.41, 5.74) is 4.12. The van der Waals surface area contributed by atoms with Crippen LogP contribution in [0.15, 0.2) is 18.2 Å². The quantitative estimate of drug-likeness (QED) is 0.814. The first-order chi connectivity index (χ1) is 7.25. The zero-order valence-corrected chi connectivity index (χ0v) is 9.18. The summed E-state index contributed by atoms with van der Waals surface area (Å²) in [4.78, 5) is 10.8. The standard InChI is InChI=1S/C13H17NO/c1-10(15)7-8-14-13-6-5-11-3-2-4-12(11)9-13/h5-6,9,14H,2-4,7-8H2,1H3. The average Bonchev–Trinajstić information content (AvgIpc) is 2.64. The van der Waals surface area contributed by atoms with Gasteiger partial charge < -0.3 is 5.32 Å². The molecule has 0 amide bonds. The largest absolute Gasteiger partial charge is 0.385 e. The molecule has 0 radical (unpaired) electrons. The summed E-state index contributed by atoms with van der Waals surface area (Å²) in [5.74, 6) is 0.240. The monoisotopic (exact) mass is 203 g/mol. The zero-order chi connectivity index (χ0) is 10.7. The second-order valence-electron chi connectivity index (χ2n) is 4.22. The number of carbonyl (C=O) groups is 1. The number of fused-ring (bicyclic) bond motifs is 1. The Morgan fingerprint density at radius 1 is 1.33 bits per heavy atom. The van der Waals surface area contributed by atoms with Crippen molar-refractivity contribution in [3.05, 3.63) is 29.3 Å². The molecule has 1 aromatic rings. The SMILES string of the molecule is CC(=O)CCNc1ccc2c(c1)CCC2. The van der Waals surface area contributed by atoms with E-state index in [0.29, 0.717) is 6.42 Å². The number of hydrogen-bond acceptors (Lipinski definition) is 2. The molecule has 1 N–H and O–H groups in total. The maximum absolute atomic E-state index is 10.8. The highest BCUT2D eigenvalue weighted by Gasteiger charge is 2.10. The molecule has 0 heterocycles. The molecule has 0 spiro atoms. The van der Waals surface area contributed by atoms with Gasteiger partial charge in [0.2, 0.25) is 0 Å². The molecule has 0 atom stereocenters. The summed E-state index contributed by atoms with van der Waals surface area (Å²) in [6.07, 6.45) is 4.32. The third-order valence-corrected chi connectivity index (χ3v) is 2.90. The van der Waals surface area contributed by atoms with E-state index in [2.05, 4.69) is 23.5 Å². The third-order valence-electron chi connectivity index (χ3n) is 2.90. The molecular formula is C13H17NO. The van der Waals surface area contributed by atoms with Crippen LogP contribution < -0.4 is 5.32 Å². The van der Waals surface area contributed by atoms with Crippen LogP contribution >= 0.6 is 0 Å². The van der Waals surface area contributed by atoms with Gasteiger partial charge in [-0.1, -0.05) is 6.07 Å². The third kappa shape index (κ3) is 2.58. The van der Waals surface area contributed by atoms with Crippen LogP contribution in [0, 0.1) is 0 Å². The number of ketones is 1. The van der Waals surface area contributed by atoms with Crippen LogP contribution in [-0.2, 0) is 17.6 Å². The predicted octanol–water partition coefficient (Wildman–Crippen LogP) is 2.57. The van der Waals surface area contributed by atoms with Crippen molar-refractivity contribution in [2.75, 3.05) is 11.9 Å². The number of benzene rings is 1. The molecule has 0 unspecified atom stereocenters. The normalized spacial score (nSPS) is 13.7. The Bertz CT molecular complexity index is 371. The molecule has 15 heavy (non-hydrogen) atoms. The van der Waals surface area contributed by atoms with Crippen molar-refractivity contribution >= 4 is 11.5 Å². The van der Waals surface area contributed by atoms with E-state index in [0.717, 1.165) is 12.2 Å². The van der Waals surface area contributed by atoms with Gasteiger partial charge in [0.15, 0.2) is 0 Å². The summed E-state index contributed by atoms with van der Waals surface area (Å²) in [5, 5.41) is 3.28. The van der Waals surface area contributed by atoms with Crippen LogP contribution in [0.3, 0.4) is 0 Å². The van der Waals surface area contributed by atoms with E-state index >= 15 is 0 Å². The van der Waals surface area contributed by atoms with Gasteiger partial charge in [0.1, 0.15) is 5.78 Å². The Morgan fingerprint density at radius 3 is 2.93 bits per heavy atom. The Balaban J connectivity index is 1.95. The van der Waals surface area contributed by atoms with Crippen molar-refractivity contribution in [3.63, 3.8) is 0 Å². The molecule has 0 fully saturated rings. The van der Waals surface area contributed by atoms with Gasteiger partial charge >= 0.3 is 0 Å². The summed E-state index contributed by atoms with van der Waals surface area (Å²) in [6, 6.07) is 6.55. The van der Waals surface area contributed by atoms with Gasteiger partial charge in [-0.15, -0.1) is 0 Å². The van der Waals surface area contributed by atoms with Gasteiger partial charge in [0.25, 0.3) is 0 Å². The number of anilines is 1. The highest BCUT2D eigenvalue weighted by atomic mass is 16.1. The molecule has 0 aromatic heterocycles. The number of Topliss-reactive ketones (excluding diaryl/α,β-unsaturated/α-hetero) is 1. The maximum atomic E-state index is 10.8. The van der Waals surface area contributed by atoms with E-state index in [-0.39, 0.29) is 5.78 Å². The van der Waals surface area contributed by atoms with Gasteiger partial charge in [-0.25, -0.2) is 0 Å². The van der Waals surface area contributed by atoms with E-state index in [1.54, 1.807) is 6.92 Å². The number of rotatable bonds is 4. The van der Waals surface area contributed by atoms with E-state index in [4.69, 9.17) is 0 Å². The average molecular weight is 203 g/mol. The molecule has 0 aliphatic heterocycles. The maximum Gasteiger partial charge on any atom is 0.131 e. The molecule has 2 heteroatoms. The topological polar surface area (TPSA) is 29.1 Å². The van der Waals surface area contributed by atoms with Crippen molar-refractivity contribution in [1.29, 1.82) is 0 Å². The Morgan fingerprint density at radius 2 is 2.13 bits per heavy atom. The van der Waals surface area contributed by atoms with Crippen LogP contribution in [0.4, 0.5) is 5.69 Å². The Labute approximate surface area is 90.7 Å². The van der Waals surface area contributed by atoms with Crippen molar-refractivity contribution in [2.24, 2.45) is 0 Å². The Kier molecular flexibility index (Phi) is 3.05. The van der Waals surface area contributed by atoms with E-state index < -0.39 is 0 Å². The highest BCUT2D eigenvalue weighted by Crippen LogP contribution is 2.24. The summed E-state index contributed by atoms with van der Waals surface area (Å²) in [7, 11) is 0. The van der Waals surface area contributed by atoms with Crippen molar-refractivity contribution < 1.29 is 4.79 Å². The molecular weight excluding hydrogens is 186 g/mol. The lowest BCUT2D eigenvalue weighted by atomic mass is 10.1. The molecule has 0 saturated heterocycles. The summed E-state index contributed by atoms with van der Waals surface area (Å²) in [6.45, 7) is 2.37. The second-order valence-corrected chi connectivity index (χ2v) is 4.22. The van der Waals surface area contributed by atoms with Crippen molar-refractivity contribution in [2.45, 2.75) is 32.6 Å². The van der Waals surface area contributed by atoms with E-state index in [1.165, 1.54) is 30.4 Å². The van der Waals surface area contributed by atoms with Gasteiger partial charge in [-0.05, 0) is 49.4 Å². The fourth-order valence-electron chi connectivity index (χ4n) is 2.06. The van der Waals surface area contributed by atoms with Gasteiger partial charge in [0, 0.05) is 18.7 Å². The van der Waals surface area contributed by atoms with Gasteiger partial charge in [-0.2, -0.15) is 0 Å². The predicted molar refractivity (Wildman–Crippen MR) is 62.3 cm³/mol. The number of carbonyl (C=O) groups excluding carboxylic acids is 1. The van der Waals surface area contributed by atoms with Crippen LogP contribution in [-0.4, -0.2) is 12.3 Å². The lowest BCUT2D eigenvalue weighted by Gasteiger charge is -2.07. The fourth-order valence-corrected chi connectivity index (χ4v) is 2.06. The first kappa shape index (κ1) is 10.2. The van der Waals surface area contributed by atoms with E-state index in [1.807, 2.05) is 0 Å². The number of hydrogen-bond donors (Lipinski definition) is 1. The van der Waals surface area contributed by atoms with Gasteiger partial charge in [0.05, 0.1) is 0 Å². The number of aryl methyl sites for hydroxylation is 2. The smallest absolute Gasteiger partial charge is 0.131 e. The first-order valence-electron chi connectivity index (χ1n) is 5.61. The molecule has 80 valence electrons. The Hall–Kier alpha value is -1.31. The molecule has 2 rings (SSSR count). The molecule has 2 nitrogen and oxygen atoms in total. The minimum atomic E-state index is 0.240. The van der Waals surface area contributed by atoms with Crippen molar-refractivity contribution in [1.82, 2.24) is 0 Å². The molecule has 1 aliphatic carbocycles. The zero-order valence-electron chi connectivity index (χ0n) is 9.18. The lowest BCUT2D eigenvalue weighted by molar-refractivity contribution is -0.116. The highest BCUT2D eigenvalue weighted by molar-refractivity contribution is 5.76. The summed E-state index contributed by atoms with van der Waals surface area (Å²) < 4.78 is 0. The molecule has 0 bridgehead atoms. The minimum Gasteiger partial charge on any atom is -0.385 e. The minimum absolute atomic E-state index is 0.240. The second kappa shape index (κ2) is 4.47. The number of nitrogens with one attached hydrogen (secondary N) is 1. The molecule has 0 saturated carbocycles. The van der Waals surface area contributed by atoms with Crippen LogP contribution in [0.1, 0.15) is 30.9 Å². The fraction of sp³-hybridized carbons (Fsp3) is 0.462.